The van der Waals surface area contributed by atoms with Gasteiger partial charge in [0.15, 0.2) is 12.0 Å². The van der Waals surface area contributed by atoms with Crippen molar-refractivity contribution in [2.24, 2.45) is 5.92 Å². The van der Waals surface area contributed by atoms with Crippen LogP contribution in [0.2, 0.25) is 0 Å². The molecule has 0 N–H and O–H groups in total. The molecule has 0 amide bonds. The molecule has 1 aromatic carbocycles. The maximum atomic E-state index is 14.0. The molecule has 0 unspecified atom stereocenters. The molecule has 1 fully saturated rings. The molecule has 0 bridgehead atoms. The number of alkyl halides is 1. The van der Waals surface area contributed by atoms with Crippen LogP contribution >= 0.6 is 0 Å². The van der Waals surface area contributed by atoms with E-state index in [1.54, 1.807) is 0 Å². The fraction of sp³-hybridized carbons (Fsp3) is 0.676. The van der Waals surface area contributed by atoms with E-state index < -0.39 is 12.1 Å². The maximum Gasteiger partial charge on any atom is 0.340 e. The van der Waals surface area contributed by atoms with E-state index in [-0.39, 0.29) is 12.5 Å². The second-order valence-electron chi connectivity index (χ2n) is 11.6. The summed E-state index contributed by atoms with van der Waals surface area (Å²) in [4.78, 5) is 21.3. The van der Waals surface area contributed by atoms with E-state index in [0.29, 0.717) is 5.92 Å². The topological polar surface area (TPSA) is 52.1 Å². The minimum Gasteiger partial charge on any atom is -0.460 e. The third kappa shape index (κ3) is 11.8. The van der Waals surface area contributed by atoms with Gasteiger partial charge in [0.05, 0.1) is 0 Å². The van der Waals surface area contributed by atoms with Crippen molar-refractivity contribution in [2.45, 2.75) is 142 Å². The monoisotopic (exact) mass is 538 g/mol. The molecule has 0 spiro atoms. The van der Waals surface area contributed by atoms with Gasteiger partial charge < -0.3 is 4.74 Å². The Labute approximate surface area is 236 Å². The lowest BCUT2D eigenvalue weighted by atomic mass is 9.83. The van der Waals surface area contributed by atoms with Crippen molar-refractivity contribution in [3.05, 3.63) is 47.8 Å². The molecule has 3 rings (SSSR count). The molecular weight excluding hydrogens is 487 g/mol. The number of hydrogen-bond acceptors (Lipinski definition) is 4. The van der Waals surface area contributed by atoms with Crippen LogP contribution in [0, 0.1) is 5.92 Å². The van der Waals surface area contributed by atoms with Crippen LogP contribution in [0.4, 0.5) is 4.39 Å². The van der Waals surface area contributed by atoms with Crippen LogP contribution in [-0.2, 0) is 22.4 Å². The van der Waals surface area contributed by atoms with E-state index in [0.717, 1.165) is 75.6 Å². The Hall–Kier alpha value is -2.30. The Bertz CT molecular complexity index is 923. The summed E-state index contributed by atoms with van der Waals surface area (Å²) in [6, 6.07) is 8.65. The lowest BCUT2D eigenvalue weighted by Gasteiger charge is -2.28. The largest absolute Gasteiger partial charge is 0.460 e. The third-order valence-corrected chi connectivity index (χ3v) is 8.22. The maximum absolute atomic E-state index is 14.0. The average molecular weight is 539 g/mol. The number of aryl methyl sites for hydroxylation is 2. The van der Waals surface area contributed by atoms with Crippen molar-refractivity contribution in [3.63, 3.8) is 0 Å². The molecule has 0 radical (unpaired) electrons. The number of rotatable bonds is 18. The van der Waals surface area contributed by atoms with Gasteiger partial charge >= 0.3 is 5.97 Å². The van der Waals surface area contributed by atoms with E-state index in [9.17, 15) is 9.18 Å². The number of unbranched alkanes of at least 4 members (excludes halogenated alkanes) is 8. The molecule has 1 heterocycles. The predicted octanol–water partition coefficient (Wildman–Crippen LogP) is 9.39. The highest BCUT2D eigenvalue weighted by molar-refractivity contribution is 5.74. The van der Waals surface area contributed by atoms with Crippen molar-refractivity contribution in [1.82, 2.24) is 9.97 Å². The first-order valence-electron chi connectivity index (χ1n) is 15.8. The Morgan fingerprint density at radius 1 is 0.821 bits per heavy atom. The van der Waals surface area contributed by atoms with Crippen LogP contribution < -0.4 is 0 Å². The predicted molar refractivity (Wildman–Crippen MR) is 158 cm³/mol. The third-order valence-electron chi connectivity index (χ3n) is 8.22. The van der Waals surface area contributed by atoms with Crippen LogP contribution in [0.3, 0.4) is 0 Å². The van der Waals surface area contributed by atoms with Crippen LogP contribution in [0.25, 0.3) is 11.4 Å². The fourth-order valence-electron chi connectivity index (χ4n) is 5.58. The van der Waals surface area contributed by atoms with Gasteiger partial charge in [-0.3, -0.25) is 0 Å². The van der Waals surface area contributed by atoms with E-state index in [4.69, 9.17) is 4.74 Å². The molecule has 5 heteroatoms. The van der Waals surface area contributed by atoms with Crippen molar-refractivity contribution < 1.29 is 13.9 Å². The number of carbonyl (C=O) groups excluding carboxylic acids is 1. The smallest absolute Gasteiger partial charge is 0.340 e. The molecular formula is C34H51FN2O2. The van der Waals surface area contributed by atoms with E-state index >= 15 is 0 Å². The summed E-state index contributed by atoms with van der Waals surface area (Å²) >= 11 is 0. The van der Waals surface area contributed by atoms with Gasteiger partial charge in [-0.2, -0.15) is 0 Å². The second-order valence-corrected chi connectivity index (χ2v) is 11.6. The summed E-state index contributed by atoms with van der Waals surface area (Å²) in [6.45, 7) is 4.33. The minimum atomic E-state index is -1.46. The zero-order valence-corrected chi connectivity index (χ0v) is 24.5. The summed E-state index contributed by atoms with van der Waals surface area (Å²) in [5.74, 6) is 0.776. The number of carbonyl (C=O) groups is 1. The molecule has 1 aromatic heterocycles. The number of aromatic nitrogens is 2. The SMILES string of the molecule is CCCCCCCCCc1cnc(-c2ccc(CCC3CCC(OC(=O)[C@@H](F)CCCCC)CC3)cc2)nc1. The molecule has 1 saturated carbocycles. The number of hydrogen-bond donors (Lipinski definition) is 0. The highest BCUT2D eigenvalue weighted by Gasteiger charge is 2.27. The quantitative estimate of drug-likeness (QED) is 0.140. The Morgan fingerprint density at radius 2 is 1.44 bits per heavy atom. The standard InChI is InChI=1S/C34H51FN2O2/c1-3-5-7-8-9-10-12-13-29-25-36-33(37-26-29)30-21-17-27(18-22-30)15-16-28-19-23-31(24-20-28)39-34(38)32(35)14-11-6-4-2/h17-18,21-22,25-26,28,31-32H,3-16,19-20,23-24H2,1-2H3/t28?,31?,32-/m0/s1. The number of ether oxygens (including phenoxy) is 1. The van der Waals surface area contributed by atoms with E-state index in [1.165, 1.54) is 56.1 Å². The van der Waals surface area contributed by atoms with Crippen LogP contribution in [-0.4, -0.2) is 28.2 Å². The summed E-state index contributed by atoms with van der Waals surface area (Å²) in [5.41, 5.74) is 3.62. The zero-order valence-electron chi connectivity index (χ0n) is 24.5. The van der Waals surface area contributed by atoms with Gasteiger partial charge in [0.25, 0.3) is 0 Å². The minimum absolute atomic E-state index is 0.112. The lowest BCUT2D eigenvalue weighted by molar-refractivity contribution is -0.157. The van der Waals surface area contributed by atoms with Gasteiger partial charge in [0, 0.05) is 18.0 Å². The summed E-state index contributed by atoms with van der Waals surface area (Å²) in [7, 11) is 0. The fourth-order valence-corrected chi connectivity index (χ4v) is 5.58. The molecule has 1 aliphatic rings. The normalized spacial score (nSPS) is 18.1. The number of halogens is 1. The van der Waals surface area contributed by atoms with E-state index in [1.807, 2.05) is 12.4 Å². The van der Waals surface area contributed by atoms with Gasteiger partial charge in [-0.15, -0.1) is 0 Å². The average Bonchev–Trinajstić information content (AvgIpc) is 2.97. The first-order valence-corrected chi connectivity index (χ1v) is 15.8. The summed E-state index contributed by atoms with van der Waals surface area (Å²) in [6.07, 6.45) is 21.7. The van der Waals surface area contributed by atoms with E-state index in [2.05, 4.69) is 48.1 Å². The van der Waals surface area contributed by atoms with Gasteiger partial charge in [-0.05, 0) is 81.3 Å². The number of esters is 1. The van der Waals surface area contributed by atoms with Gasteiger partial charge in [-0.25, -0.2) is 19.2 Å². The molecule has 2 aromatic rings. The van der Waals surface area contributed by atoms with Crippen molar-refractivity contribution >= 4 is 5.97 Å². The van der Waals surface area contributed by atoms with Crippen LogP contribution in [0.5, 0.6) is 0 Å². The molecule has 4 nitrogen and oxygen atoms in total. The first-order chi connectivity index (χ1) is 19.1. The number of nitrogens with zero attached hydrogens (tertiary/aromatic N) is 2. The van der Waals surface area contributed by atoms with Crippen molar-refractivity contribution in [2.75, 3.05) is 0 Å². The molecule has 0 aliphatic heterocycles. The first kappa shape index (κ1) is 31.2. The van der Waals surface area contributed by atoms with Crippen molar-refractivity contribution in [3.8, 4) is 11.4 Å². The second kappa shape index (κ2) is 18.1. The summed E-state index contributed by atoms with van der Waals surface area (Å²) in [5, 5.41) is 0. The molecule has 1 aliphatic carbocycles. The number of benzene rings is 1. The summed E-state index contributed by atoms with van der Waals surface area (Å²) < 4.78 is 19.5. The lowest BCUT2D eigenvalue weighted by Crippen LogP contribution is -2.29. The highest BCUT2D eigenvalue weighted by Crippen LogP contribution is 2.30. The Kier molecular flexibility index (Phi) is 14.5. The zero-order chi connectivity index (χ0) is 27.7. The molecule has 0 saturated heterocycles. The molecule has 1 atom stereocenters. The van der Waals surface area contributed by atoms with Gasteiger partial charge in [0.1, 0.15) is 6.10 Å². The highest BCUT2D eigenvalue weighted by atomic mass is 19.1. The van der Waals surface area contributed by atoms with Crippen LogP contribution in [0.15, 0.2) is 36.7 Å². The van der Waals surface area contributed by atoms with Gasteiger partial charge in [-0.1, -0.05) is 89.5 Å². The Morgan fingerprint density at radius 3 is 2.10 bits per heavy atom. The molecule has 216 valence electrons. The van der Waals surface area contributed by atoms with Gasteiger partial charge in [0.2, 0.25) is 0 Å². The molecule has 39 heavy (non-hydrogen) atoms. The van der Waals surface area contributed by atoms with Crippen LogP contribution in [0.1, 0.15) is 128 Å². The Balaban J connectivity index is 1.32. The van der Waals surface area contributed by atoms with Crippen molar-refractivity contribution in [1.29, 1.82) is 0 Å².